The van der Waals surface area contributed by atoms with Crippen LogP contribution in [0.15, 0.2) is 10.9 Å². The standard InChI is InChI=1S/C14H23N3O/c1-2-12-16-13(10-14(18)17-12)15-9-5-8-11-6-3-4-7-11/h10-11H,2-9H2,1H3,(H2,15,16,17,18). The normalized spacial score (nSPS) is 16.1. The Bertz CT molecular complexity index is 421. The van der Waals surface area contributed by atoms with Gasteiger partial charge in [0, 0.05) is 19.0 Å². The number of anilines is 1. The molecule has 18 heavy (non-hydrogen) atoms. The van der Waals surface area contributed by atoms with E-state index in [-0.39, 0.29) is 5.56 Å². The molecule has 0 unspecified atom stereocenters. The second kappa shape index (κ2) is 6.57. The summed E-state index contributed by atoms with van der Waals surface area (Å²) in [6, 6.07) is 1.54. The molecule has 1 saturated carbocycles. The van der Waals surface area contributed by atoms with Crippen LogP contribution in [0, 0.1) is 5.92 Å². The molecule has 1 fully saturated rings. The van der Waals surface area contributed by atoms with Crippen LogP contribution in [0.25, 0.3) is 0 Å². The number of H-pyrrole nitrogens is 1. The van der Waals surface area contributed by atoms with Crippen molar-refractivity contribution in [2.24, 2.45) is 5.92 Å². The van der Waals surface area contributed by atoms with E-state index in [2.05, 4.69) is 15.3 Å². The van der Waals surface area contributed by atoms with E-state index in [0.29, 0.717) is 5.82 Å². The fourth-order valence-electron chi connectivity index (χ4n) is 2.67. The minimum Gasteiger partial charge on any atom is -0.370 e. The third-order valence-corrected chi connectivity index (χ3v) is 3.70. The monoisotopic (exact) mass is 249 g/mol. The first-order valence-electron chi connectivity index (χ1n) is 7.12. The third-order valence-electron chi connectivity index (χ3n) is 3.70. The minimum absolute atomic E-state index is 0.0693. The number of nitrogens with zero attached hydrogens (tertiary/aromatic N) is 1. The van der Waals surface area contributed by atoms with E-state index >= 15 is 0 Å². The zero-order valence-electron chi connectivity index (χ0n) is 11.2. The lowest BCUT2D eigenvalue weighted by Gasteiger charge is -2.09. The summed E-state index contributed by atoms with van der Waals surface area (Å²) in [4.78, 5) is 18.5. The summed E-state index contributed by atoms with van der Waals surface area (Å²) in [6.07, 6.45) is 8.86. The average Bonchev–Trinajstić information content (AvgIpc) is 2.87. The highest BCUT2D eigenvalue weighted by Crippen LogP contribution is 2.28. The Morgan fingerprint density at radius 2 is 2.22 bits per heavy atom. The van der Waals surface area contributed by atoms with Gasteiger partial charge in [0.15, 0.2) is 0 Å². The highest BCUT2D eigenvalue weighted by atomic mass is 16.1. The smallest absolute Gasteiger partial charge is 0.252 e. The number of hydrogen-bond acceptors (Lipinski definition) is 3. The molecule has 0 spiro atoms. The lowest BCUT2D eigenvalue weighted by atomic mass is 10.0. The molecule has 4 heteroatoms. The number of nitrogens with one attached hydrogen (secondary N) is 2. The average molecular weight is 249 g/mol. The quantitative estimate of drug-likeness (QED) is 0.762. The van der Waals surface area contributed by atoms with Gasteiger partial charge >= 0.3 is 0 Å². The van der Waals surface area contributed by atoms with Gasteiger partial charge in [-0.2, -0.15) is 0 Å². The number of aryl methyl sites for hydroxylation is 1. The van der Waals surface area contributed by atoms with Gasteiger partial charge < -0.3 is 10.3 Å². The first-order chi connectivity index (χ1) is 8.78. The van der Waals surface area contributed by atoms with Crippen LogP contribution < -0.4 is 10.9 Å². The Balaban J connectivity index is 1.75. The molecule has 1 aliphatic rings. The maximum absolute atomic E-state index is 11.4. The molecule has 2 rings (SSSR count). The van der Waals surface area contributed by atoms with Crippen molar-refractivity contribution < 1.29 is 0 Å². The largest absolute Gasteiger partial charge is 0.370 e. The maximum Gasteiger partial charge on any atom is 0.252 e. The molecule has 0 amide bonds. The molecule has 0 aliphatic heterocycles. The van der Waals surface area contributed by atoms with E-state index in [0.717, 1.165) is 24.7 Å². The van der Waals surface area contributed by atoms with Crippen molar-refractivity contribution in [2.45, 2.75) is 51.9 Å². The van der Waals surface area contributed by atoms with Crippen LogP contribution in [-0.4, -0.2) is 16.5 Å². The minimum atomic E-state index is -0.0693. The SMILES string of the molecule is CCc1nc(NCCCC2CCCC2)cc(=O)[nH]1. The lowest BCUT2D eigenvalue weighted by Crippen LogP contribution is -2.14. The van der Waals surface area contributed by atoms with E-state index in [1.54, 1.807) is 0 Å². The number of aromatic amines is 1. The number of rotatable bonds is 6. The van der Waals surface area contributed by atoms with Crippen molar-refractivity contribution >= 4 is 5.82 Å². The van der Waals surface area contributed by atoms with Gasteiger partial charge in [-0.3, -0.25) is 4.79 Å². The Labute approximate surface area is 108 Å². The highest BCUT2D eigenvalue weighted by molar-refractivity contribution is 5.32. The molecular formula is C14H23N3O. The maximum atomic E-state index is 11.4. The van der Waals surface area contributed by atoms with Gasteiger partial charge in [0.1, 0.15) is 11.6 Å². The molecule has 1 aromatic heterocycles. The van der Waals surface area contributed by atoms with E-state index in [1.807, 2.05) is 6.92 Å². The summed E-state index contributed by atoms with van der Waals surface area (Å²) in [7, 11) is 0. The zero-order valence-corrected chi connectivity index (χ0v) is 11.2. The fourth-order valence-corrected chi connectivity index (χ4v) is 2.67. The molecule has 0 aromatic carbocycles. The van der Waals surface area contributed by atoms with Gasteiger partial charge in [-0.25, -0.2) is 4.98 Å². The van der Waals surface area contributed by atoms with E-state index in [9.17, 15) is 4.79 Å². The van der Waals surface area contributed by atoms with Crippen LogP contribution in [0.2, 0.25) is 0 Å². The van der Waals surface area contributed by atoms with Crippen molar-refractivity contribution in [1.82, 2.24) is 9.97 Å². The van der Waals surface area contributed by atoms with Crippen LogP contribution in [0.5, 0.6) is 0 Å². The first kappa shape index (κ1) is 13.1. The van der Waals surface area contributed by atoms with E-state index < -0.39 is 0 Å². The van der Waals surface area contributed by atoms with E-state index in [4.69, 9.17) is 0 Å². The molecule has 0 atom stereocenters. The second-order valence-electron chi connectivity index (χ2n) is 5.15. The molecule has 0 saturated heterocycles. The Morgan fingerprint density at radius 1 is 1.44 bits per heavy atom. The Hall–Kier alpha value is -1.32. The Kier molecular flexibility index (Phi) is 4.79. The van der Waals surface area contributed by atoms with Gasteiger partial charge in [-0.15, -0.1) is 0 Å². The predicted octanol–water partition coefficient (Wildman–Crippen LogP) is 2.71. The summed E-state index contributed by atoms with van der Waals surface area (Å²) in [5, 5.41) is 3.25. The van der Waals surface area contributed by atoms with Crippen molar-refractivity contribution in [3.05, 3.63) is 22.2 Å². The first-order valence-corrected chi connectivity index (χ1v) is 7.12. The molecule has 1 aliphatic carbocycles. The van der Waals surface area contributed by atoms with Gasteiger partial charge in [0.25, 0.3) is 5.56 Å². The summed E-state index contributed by atoms with van der Waals surface area (Å²) >= 11 is 0. The summed E-state index contributed by atoms with van der Waals surface area (Å²) in [6.45, 7) is 2.90. The third kappa shape index (κ3) is 3.86. The van der Waals surface area contributed by atoms with Gasteiger partial charge in [-0.1, -0.05) is 32.6 Å². The second-order valence-corrected chi connectivity index (χ2v) is 5.15. The molecule has 0 radical (unpaired) electrons. The van der Waals surface area contributed by atoms with Crippen LogP contribution in [0.4, 0.5) is 5.82 Å². The lowest BCUT2D eigenvalue weighted by molar-refractivity contribution is 0.491. The van der Waals surface area contributed by atoms with Gasteiger partial charge in [0.2, 0.25) is 0 Å². The molecule has 1 heterocycles. The molecular weight excluding hydrogens is 226 g/mol. The number of hydrogen-bond donors (Lipinski definition) is 2. The van der Waals surface area contributed by atoms with Gasteiger partial charge in [-0.05, 0) is 18.8 Å². The highest BCUT2D eigenvalue weighted by Gasteiger charge is 2.13. The molecule has 1 aromatic rings. The van der Waals surface area contributed by atoms with Crippen molar-refractivity contribution in [1.29, 1.82) is 0 Å². The molecule has 4 nitrogen and oxygen atoms in total. The summed E-state index contributed by atoms with van der Waals surface area (Å²) < 4.78 is 0. The van der Waals surface area contributed by atoms with Crippen LogP contribution in [-0.2, 0) is 6.42 Å². The number of aromatic nitrogens is 2. The van der Waals surface area contributed by atoms with Crippen LogP contribution >= 0.6 is 0 Å². The van der Waals surface area contributed by atoms with Gasteiger partial charge in [0.05, 0.1) is 0 Å². The molecule has 2 N–H and O–H groups in total. The summed E-state index contributed by atoms with van der Waals surface area (Å²) in [5.74, 6) is 2.40. The van der Waals surface area contributed by atoms with Crippen LogP contribution in [0.3, 0.4) is 0 Å². The van der Waals surface area contributed by atoms with Crippen molar-refractivity contribution in [3.8, 4) is 0 Å². The zero-order chi connectivity index (χ0) is 12.8. The topological polar surface area (TPSA) is 57.8 Å². The van der Waals surface area contributed by atoms with Crippen molar-refractivity contribution in [3.63, 3.8) is 0 Å². The van der Waals surface area contributed by atoms with Crippen LogP contribution in [0.1, 0.15) is 51.3 Å². The Morgan fingerprint density at radius 3 is 2.94 bits per heavy atom. The predicted molar refractivity (Wildman–Crippen MR) is 73.9 cm³/mol. The fraction of sp³-hybridized carbons (Fsp3) is 0.714. The summed E-state index contributed by atoms with van der Waals surface area (Å²) in [5.41, 5.74) is -0.0693. The molecule has 0 bridgehead atoms. The van der Waals surface area contributed by atoms with Crippen molar-refractivity contribution in [2.75, 3.05) is 11.9 Å². The van der Waals surface area contributed by atoms with E-state index in [1.165, 1.54) is 44.6 Å². The molecule has 100 valence electrons.